The van der Waals surface area contributed by atoms with E-state index < -0.39 is 5.91 Å². The summed E-state index contributed by atoms with van der Waals surface area (Å²) in [6, 6.07) is 16.3. The largest absolute Gasteiger partial charge is 0.347 e. The first kappa shape index (κ1) is 19.2. The van der Waals surface area contributed by atoms with Gasteiger partial charge in [-0.15, -0.1) is 0 Å². The van der Waals surface area contributed by atoms with Crippen LogP contribution in [0.5, 0.6) is 0 Å². The standard InChI is InChI=1S/C22H20FN3O2/c1-14-5-3-6-15(2)20(14)26-22(28)19-8-4-7-18(25-19)21(27)24-13-16-9-11-17(23)12-10-16/h3-12H,13H2,1-2H3,(H,24,27)(H,26,28). The minimum Gasteiger partial charge on any atom is -0.347 e. The number of amides is 2. The minimum atomic E-state index is -0.411. The van der Waals surface area contributed by atoms with Crippen LogP contribution in [-0.2, 0) is 6.54 Å². The number of carbonyl (C=O) groups excluding carboxylic acids is 2. The molecule has 0 atom stereocenters. The number of carbonyl (C=O) groups is 2. The van der Waals surface area contributed by atoms with Crippen LogP contribution in [0.25, 0.3) is 0 Å². The number of halogens is 1. The second-order valence-electron chi connectivity index (χ2n) is 6.44. The lowest BCUT2D eigenvalue weighted by molar-refractivity contribution is 0.0945. The van der Waals surface area contributed by atoms with Gasteiger partial charge in [-0.3, -0.25) is 9.59 Å². The lowest BCUT2D eigenvalue weighted by atomic mass is 10.1. The van der Waals surface area contributed by atoms with Gasteiger partial charge in [-0.1, -0.05) is 36.4 Å². The third-order valence-corrected chi connectivity index (χ3v) is 4.30. The number of pyridine rings is 1. The Bertz CT molecular complexity index is 996. The molecule has 0 radical (unpaired) electrons. The van der Waals surface area contributed by atoms with Crippen molar-refractivity contribution in [3.8, 4) is 0 Å². The molecule has 0 saturated heterocycles. The van der Waals surface area contributed by atoms with E-state index >= 15 is 0 Å². The van der Waals surface area contributed by atoms with Crippen LogP contribution >= 0.6 is 0 Å². The van der Waals surface area contributed by atoms with Gasteiger partial charge in [0.2, 0.25) is 0 Å². The second kappa shape index (κ2) is 8.43. The number of anilines is 1. The lowest BCUT2D eigenvalue weighted by Crippen LogP contribution is -2.25. The fraction of sp³-hybridized carbons (Fsp3) is 0.136. The quantitative estimate of drug-likeness (QED) is 0.705. The van der Waals surface area contributed by atoms with Gasteiger partial charge in [0.25, 0.3) is 11.8 Å². The molecule has 0 bridgehead atoms. The van der Waals surface area contributed by atoms with Crippen molar-refractivity contribution in [3.63, 3.8) is 0 Å². The summed E-state index contributed by atoms with van der Waals surface area (Å²) in [6.45, 7) is 4.06. The first-order chi connectivity index (χ1) is 13.4. The fourth-order valence-electron chi connectivity index (χ4n) is 2.75. The highest BCUT2D eigenvalue weighted by molar-refractivity contribution is 6.04. The van der Waals surface area contributed by atoms with Crippen molar-refractivity contribution in [2.45, 2.75) is 20.4 Å². The molecular weight excluding hydrogens is 357 g/mol. The SMILES string of the molecule is Cc1cccc(C)c1NC(=O)c1cccc(C(=O)NCc2ccc(F)cc2)n1. The summed E-state index contributed by atoms with van der Waals surface area (Å²) in [5, 5.41) is 5.57. The number of benzene rings is 2. The van der Waals surface area contributed by atoms with E-state index in [-0.39, 0.29) is 29.7 Å². The van der Waals surface area contributed by atoms with Gasteiger partial charge >= 0.3 is 0 Å². The Labute approximate surface area is 162 Å². The summed E-state index contributed by atoms with van der Waals surface area (Å²) < 4.78 is 12.9. The van der Waals surface area contributed by atoms with Crippen LogP contribution in [0.4, 0.5) is 10.1 Å². The molecule has 0 aliphatic heterocycles. The van der Waals surface area contributed by atoms with E-state index in [2.05, 4.69) is 15.6 Å². The number of para-hydroxylation sites is 1. The average Bonchev–Trinajstić information content (AvgIpc) is 2.70. The van der Waals surface area contributed by atoms with E-state index in [1.807, 2.05) is 32.0 Å². The maximum Gasteiger partial charge on any atom is 0.274 e. The number of nitrogens with one attached hydrogen (secondary N) is 2. The maximum absolute atomic E-state index is 12.9. The number of hydrogen-bond donors (Lipinski definition) is 2. The van der Waals surface area contributed by atoms with E-state index in [4.69, 9.17) is 0 Å². The van der Waals surface area contributed by atoms with Gasteiger partial charge in [-0.25, -0.2) is 9.37 Å². The number of hydrogen-bond acceptors (Lipinski definition) is 3. The number of aryl methyl sites for hydroxylation is 2. The molecule has 3 aromatic rings. The van der Waals surface area contributed by atoms with E-state index in [9.17, 15) is 14.0 Å². The molecule has 0 aliphatic carbocycles. The van der Waals surface area contributed by atoms with Gasteiger partial charge in [0, 0.05) is 12.2 Å². The molecule has 0 fully saturated rings. The molecule has 0 saturated carbocycles. The van der Waals surface area contributed by atoms with Crippen LogP contribution in [-0.4, -0.2) is 16.8 Å². The molecule has 1 aromatic heterocycles. The molecule has 1 heterocycles. The molecule has 28 heavy (non-hydrogen) atoms. The van der Waals surface area contributed by atoms with E-state index in [1.54, 1.807) is 24.3 Å². The lowest BCUT2D eigenvalue weighted by Gasteiger charge is -2.11. The van der Waals surface area contributed by atoms with Crippen molar-refractivity contribution in [3.05, 3.63) is 94.6 Å². The zero-order valence-corrected chi connectivity index (χ0v) is 15.6. The third kappa shape index (κ3) is 4.59. The van der Waals surface area contributed by atoms with Crippen LogP contribution in [0.2, 0.25) is 0 Å². The summed E-state index contributed by atoms with van der Waals surface area (Å²) in [7, 11) is 0. The first-order valence-electron chi connectivity index (χ1n) is 8.81. The molecule has 2 aromatic carbocycles. The highest BCUT2D eigenvalue weighted by Crippen LogP contribution is 2.20. The average molecular weight is 377 g/mol. The predicted octanol–water partition coefficient (Wildman–Crippen LogP) is 4.02. The monoisotopic (exact) mass is 377 g/mol. The Morgan fingerprint density at radius 3 is 2.07 bits per heavy atom. The zero-order chi connectivity index (χ0) is 20.1. The van der Waals surface area contributed by atoms with Gasteiger partial charge in [-0.05, 0) is 54.8 Å². The Morgan fingerprint density at radius 1 is 0.857 bits per heavy atom. The normalized spacial score (nSPS) is 10.4. The number of nitrogens with zero attached hydrogens (tertiary/aromatic N) is 1. The first-order valence-corrected chi connectivity index (χ1v) is 8.81. The number of aromatic nitrogens is 1. The summed E-state index contributed by atoms with van der Waals surface area (Å²) in [5.41, 5.74) is 3.68. The molecule has 142 valence electrons. The predicted molar refractivity (Wildman–Crippen MR) is 106 cm³/mol. The van der Waals surface area contributed by atoms with Gasteiger partial charge in [-0.2, -0.15) is 0 Å². The summed E-state index contributed by atoms with van der Waals surface area (Å²) in [6.07, 6.45) is 0. The molecule has 0 aliphatic rings. The molecule has 6 heteroatoms. The van der Waals surface area contributed by atoms with Crippen molar-refractivity contribution in [2.24, 2.45) is 0 Å². The smallest absolute Gasteiger partial charge is 0.274 e. The van der Waals surface area contributed by atoms with Crippen LogP contribution in [0, 0.1) is 19.7 Å². The molecule has 2 N–H and O–H groups in total. The van der Waals surface area contributed by atoms with Crippen molar-refractivity contribution < 1.29 is 14.0 Å². The molecule has 0 spiro atoms. The van der Waals surface area contributed by atoms with Crippen molar-refractivity contribution in [1.29, 1.82) is 0 Å². The van der Waals surface area contributed by atoms with Crippen LogP contribution < -0.4 is 10.6 Å². The Morgan fingerprint density at radius 2 is 1.43 bits per heavy atom. The molecule has 2 amide bonds. The maximum atomic E-state index is 12.9. The van der Waals surface area contributed by atoms with Gasteiger partial charge in [0.15, 0.2) is 0 Å². The van der Waals surface area contributed by atoms with Crippen LogP contribution in [0.3, 0.4) is 0 Å². The Kier molecular flexibility index (Phi) is 5.79. The highest BCUT2D eigenvalue weighted by Gasteiger charge is 2.14. The number of rotatable bonds is 5. The van der Waals surface area contributed by atoms with Crippen LogP contribution in [0.15, 0.2) is 60.7 Å². The fourth-order valence-corrected chi connectivity index (χ4v) is 2.75. The molecule has 3 rings (SSSR count). The summed E-state index contributed by atoms with van der Waals surface area (Å²) >= 11 is 0. The van der Waals surface area contributed by atoms with Gasteiger partial charge in [0.1, 0.15) is 17.2 Å². The Balaban J connectivity index is 1.69. The topological polar surface area (TPSA) is 71.1 Å². The molecular formula is C22H20FN3O2. The van der Waals surface area contributed by atoms with Gasteiger partial charge in [0.05, 0.1) is 0 Å². The Hall–Kier alpha value is -3.54. The van der Waals surface area contributed by atoms with Crippen molar-refractivity contribution in [2.75, 3.05) is 5.32 Å². The summed E-state index contributed by atoms with van der Waals surface area (Å²) in [4.78, 5) is 29.1. The summed E-state index contributed by atoms with van der Waals surface area (Å²) in [5.74, 6) is -1.13. The van der Waals surface area contributed by atoms with E-state index in [0.717, 1.165) is 22.4 Å². The molecule has 5 nitrogen and oxygen atoms in total. The second-order valence-corrected chi connectivity index (χ2v) is 6.44. The van der Waals surface area contributed by atoms with Crippen molar-refractivity contribution in [1.82, 2.24) is 10.3 Å². The van der Waals surface area contributed by atoms with Crippen LogP contribution in [0.1, 0.15) is 37.7 Å². The molecule has 0 unspecified atom stereocenters. The zero-order valence-electron chi connectivity index (χ0n) is 15.6. The highest BCUT2D eigenvalue weighted by atomic mass is 19.1. The van der Waals surface area contributed by atoms with Gasteiger partial charge < -0.3 is 10.6 Å². The van der Waals surface area contributed by atoms with E-state index in [1.165, 1.54) is 18.2 Å². The van der Waals surface area contributed by atoms with Crippen molar-refractivity contribution >= 4 is 17.5 Å². The minimum absolute atomic E-state index is 0.135. The van der Waals surface area contributed by atoms with E-state index in [0.29, 0.717) is 0 Å². The third-order valence-electron chi connectivity index (χ3n) is 4.30.